The van der Waals surface area contributed by atoms with E-state index in [1.807, 2.05) is 52.1 Å². The molecule has 8 nitrogen and oxygen atoms in total. The zero-order chi connectivity index (χ0) is 21.5. The number of nitrogens with two attached hydrogens (primary N) is 1. The maximum absolute atomic E-state index is 10.9. The van der Waals surface area contributed by atoms with E-state index in [4.69, 9.17) is 19.8 Å². The SMILES string of the molecule is CC1(C)OB(c2ccc3nc(N[C@H]4CC[C@H](OC(N)=O)CC4)ncc3c2)OC1(C)C. The molecule has 0 unspecified atom stereocenters. The normalized spacial score (nSPS) is 25.3. The largest absolute Gasteiger partial charge is 0.494 e. The van der Waals surface area contributed by atoms with Crippen LogP contribution in [0.25, 0.3) is 10.9 Å². The topological polar surface area (TPSA) is 109 Å². The van der Waals surface area contributed by atoms with Crippen LogP contribution in [0.4, 0.5) is 10.7 Å². The van der Waals surface area contributed by atoms with Gasteiger partial charge in [0.05, 0.1) is 16.7 Å². The van der Waals surface area contributed by atoms with Gasteiger partial charge >= 0.3 is 13.2 Å². The standard InChI is InChI=1S/C21H29BN4O4/c1-20(2)21(3,4)30-22(29-20)14-5-10-17-13(11-14)12-24-19(26-17)25-15-6-8-16(9-7-15)28-18(23)27/h5,10-12,15-16H,6-9H2,1-4H3,(H2,23,27)(H,24,25,26)/t15-,16-. The Hall–Kier alpha value is -2.39. The van der Waals surface area contributed by atoms with E-state index in [9.17, 15) is 4.79 Å². The fraction of sp³-hybridized carbons (Fsp3) is 0.571. The molecule has 1 aliphatic heterocycles. The highest BCUT2D eigenvalue weighted by Crippen LogP contribution is 2.36. The molecule has 0 spiro atoms. The maximum Gasteiger partial charge on any atom is 0.494 e. The Morgan fingerprint density at radius 2 is 1.83 bits per heavy atom. The molecule has 1 aromatic heterocycles. The molecule has 0 atom stereocenters. The van der Waals surface area contributed by atoms with Gasteiger partial charge in [-0.3, -0.25) is 0 Å². The second kappa shape index (κ2) is 7.70. The lowest BCUT2D eigenvalue weighted by Gasteiger charge is -2.32. The second-order valence-electron chi connectivity index (χ2n) is 9.15. The number of aromatic nitrogens is 2. The van der Waals surface area contributed by atoms with Crippen molar-refractivity contribution < 1.29 is 18.8 Å². The maximum atomic E-state index is 10.9. The van der Waals surface area contributed by atoms with Crippen molar-refractivity contribution in [2.24, 2.45) is 5.73 Å². The number of hydrogen-bond donors (Lipinski definition) is 2. The summed E-state index contributed by atoms with van der Waals surface area (Å²) < 4.78 is 17.4. The van der Waals surface area contributed by atoms with Gasteiger partial charge in [0.25, 0.3) is 0 Å². The van der Waals surface area contributed by atoms with Gasteiger partial charge in [-0.15, -0.1) is 0 Å². The van der Waals surface area contributed by atoms with Crippen molar-refractivity contribution in [3.05, 3.63) is 24.4 Å². The van der Waals surface area contributed by atoms with Crippen molar-refractivity contribution in [1.29, 1.82) is 0 Å². The van der Waals surface area contributed by atoms with Crippen molar-refractivity contribution in [2.75, 3.05) is 5.32 Å². The Balaban J connectivity index is 1.42. The number of fused-ring (bicyclic) bond motifs is 1. The molecular formula is C21H29BN4O4. The fourth-order valence-electron chi connectivity index (χ4n) is 3.92. The number of carbonyl (C=O) groups is 1. The van der Waals surface area contributed by atoms with Gasteiger partial charge in [-0.1, -0.05) is 12.1 Å². The predicted octanol–water partition coefficient (Wildman–Crippen LogP) is 2.75. The number of anilines is 1. The number of hydrogen-bond acceptors (Lipinski definition) is 7. The molecule has 2 fully saturated rings. The third-order valence-electron chi connectivity index (χ3n) is 6.42. The van der Waals surface area contributed by atoms with E-state index in [0.717, 1.165) is 42.0 Å². The summed E-state index contributed by atoms with van der Waals surface area (Å²) in [5.74, 6) is 0.602. The van der Waals surface area contributed by atoms with Crippen LogP contribution in [0, 0.1) is 0 Å². The van der Waals surface area contributed by atoms with E-state index in [1.54, 1.807) is 0 Å². The number of carbonyl (C=O) groups excluding carboxylic acids is 1. The lowest BCUT2D eigenvalue weighted by molar-refractivity contribution is 0.00578. The minimum Gasteiger partial charge on any atom is -0.446 e. The summed E-state index contributed by atoms with van der Waals surface area (Å²) in [4.78, 5) is 20.0. The van der Waals surface area contributed by atoms with Gasteiger partial charge in [0.2, 0.25) is 5.95 Å². The number of rotatable bonds is 4. The number of nitrogens with one attached hydrogen (secondary N) is 1. The molecule has 3 N–H and O–H groups in total. The van der Waals surface area contributed by atoms with Gasteiger partial charge < -0.3 is 25.1 Å². The summed E-state index contributed by atoms with van der Waals surface area (Å²) in [6.45, 7) is 8.18. The molecule has 30 heavy (non-hydrogen) atoms. The number of ether oxygens (including phenoxy) is 1. The molecule has 0 radical (unpaired) electrons. The first-order valence-electron chi connectivity index (χ1n) is 10.5. The Morgan fingerprint density at radius 1 is 1.17 bits per heavy atom. The summed E-state index contributed by atoms with van der Waals surface area (Å²) >= 11 is 0. The van der Waals surface area contributed by atoms with Crippen LogP contribution in [-0.2, 0) is 14.0 Å². The van der Waals surface area contributed by atoms with Crippen molar-refractivity contribution >= 4 is 35.5 Å². The van der Waals surface area contributed by atoms with E-state index in [0.29, 0.717) is 5.95 Å². The second-order valence-corrected chi connectivity index (χ2v) is 9.15. The Bertz CT molecular complexity index is 928. The summed E-state index contributed by atoms with van der Waals surface area (Å²) in [7, 11) is -0.407. The molecule has 0 bridgehead atoms. The first-order chi connectivity index (χ1) is 14.1. The summed E-state index contributed by atoms with van der Waals surface area (Å²) in [6.07, 6.45) is 4.34. The van der Waals surface area contributed by atoms with E-state index in [2.05, 4.69) is 15.3 Å². The smallest absolute Gasteiger partial charge is 0.446 e. The monoisotopic (exact) mass is 412 g/mol. The Morgan fingerprint density at radius 3 is 2.47 bits per heavy atom. The fourth-order valence-corrected chi connectivity index (χ4v) is 3.92. The average Bonchev–Trinajstić information content (AvgIpc) is 2.90. The summed E-state index contributed by atoms with van der Waals surface area (Å²) in [5.41, 5.74) is 6.16. The molecule has 1 saturated carbocycles. The zero-order valence-corrected chi connectivity index (χ0v) is 18.0. The van der Waals surface area contributed by atoms with Crippen LogP contribution in [0.15, 0.2) is 24.4 Å². The molecule has 4 rings (SSSR count). The van der Waals surface area contributed by atoms with Gasteiger partial charge in [0.15, 0.2) is 0 Å². The third kappa shape index (κ3) is 4.22. The molecular weight excluding hydrogens is 383 g/mol. The van der Waals surface area contributed by atoms with Gasteiger partial charge in [0, 0.05) is 17.6 Å². The first-order valence-corrected chi connectivity index (χ1v) is 10.5. The summed E-state index contributed by atoms with van der Waals surface area (Å²) in [6, 6.07) is 6.24. The minimum absolute atomic E-state index is 0.0912. The highest BCUT2D eigenvalue weighted by Gasteiger charge is 2.51. The quantitative estimate of drug-likeness (QED) is 0.744. The molecule has 160 valence electrons. The molecule has 2 heterocycles. The van der Waals surface area contributed by atoms with Crippen LogP contribution in [0.1, 0.15) is 53.4 Å². The summed E-state index contributed by atoms with van der Waals surface area (Å²) in [5, 5.41) is 4.33. The Labute approximate surface area is 177 Å². The van der Waals surface area contributed by atoms with Gasteiger partial charge in [-0.25, -0.2) is 14.8 Å². The average molecular weight is 412 g/mol. The Kier molecular flexibility index (Phi) is 5.36. The number of primary amides is 1. The lowest BCUT2D eigenvalue weighted by Crippen LogP contribution is -2.41. The van der Waals surface area contributed by atoms with Crippen molar-refractivity contribution in [1.82, 2.24) is 9.97 Å². The molecule has 2 aromatic rings. The van der Waals surface area contributed by atoms with Gasteiger partial charge in [0.1, 0.15) is 6.10 Å². The molecule has 1 saturated heterocycles. The highest BCUT2D eigenvalue weighted by molar-refractivity contribution is 6.62. The lowest BCUT2D eigenvalue weighted by atomic mass is 9.78. The van der Waals surface area contributed by atoms with Gasteiger partial charge in [-0.05, 0) is 64.9 Å². The third-order valence-corrected chi connectivity index (χ3v) is 6.42. The van der Waals surface area contributed by atoms with Crippen LogP contribution < -0.4 is 16.5 Å². The molecule has 1 amide bonds. The van der Waals surface area contributed by atoms with E-state index >= 15 is 0 Å². The van der Waals surface area contributed by atoms with Crippen LogP contribution in [0.2, 0.25) is 0 Å². The molecule has 1 aromatic carbocycles. The number of nitrogens with zero attached hydrogens (tertiary/aromatic N) is 2. The van der Waals surface area contributed by atoms with Gasteiger partial charge in [-0.2, -0.15) is 0 Å². The van der Waals surface area contributed by atoms with Crippen molar-refractivity contribution in [3.8, 4) is 0 Å². The van der Waals surface area contributed by atoms with Crippen LogP contribution in [0.3, 0.4) is 0 Å². The van der Waals surface area contributed by atoms with E-state index < -0.39 is 13.2 Å². The highest BCUT2D eigenvalue weighted by atomic mass is 16.7. The van der Waals surface area contributed by atoms with Crippen LogP contribution >= 0.6 is 0 Å². The first kappa shape index (κ1) is 20.9. The van der Waals surface area contributed by atoms with Crippen LogP contribution in [0.5, 0.6) is 0 Å². The molecule has 2 aliphatic rings. The predicted molar refractivity (Wildman–Crippen MR) is 116 cm³/mol. The van der Waals surface area contributed by atoms with Crippen LogP contribution in [-0.4, -0.2) is 46.5 Å². The molecule has 9 heteroatoms. The zero-order valence-electron chi connectivity index (χ0n) is 18.0. The van der Waals surface area contributed by atoms with Crippen molar-refractivity contribution in [2.45, 2.75) is 76.7 Å². The number of benzene rings is 1. The minimum atomic E-state index is -0.704. The van der Waals surface area contributed by atoms with E-state index in [1.165, 1.54) is 0 Å². The number of amides is 1. The van der Waals surface area contributed by atoms with Crippen molar-refractivity contribution in [3.63, 3.8) is 0 Å². The van der Waals surface area contributed by atoms with E-state index in [-0.39, 0.29) is 23.3 Å². The molecule has 1 aliphatic carbocycles.